The van der Waals surface area contributed by atoms with Gasteiger partial charge in [0.05, 0.1) is 0 Å². The van der Waals surface area contributed by atoms with Crippen molar-refractivity contribution in [2.45, 2.75) is 26.0 Å². The minimum absolute atomic E-state index is 0.125. The van der Waals surface area contributed by atoms with Crippen molar-refractivity contribution in [2.24, 2.45) is 0 Å². The second-order valence-electron chi connectivity index (χ2n) is 8.14. The van der Waals surface area contributed by atoms with E-state index in [-0.39, 0.29) is 12.5 Å². The molecule has 0 bridgehead atoms. The molecule has 4 rings (SSSR count). The summed E-state index contributed by atoms with van der Waals surface area (Å²) in [5.74, 6) is 0.186. The van der Waals surface area contributed by atoms with Gasteiger partial charge in [-0.25, -0.2) is 4.79 Å². The van der Waals surface area contributed by atoms with Crippen LogP contribution in [0, 0.1) is 0 Å². The lowest BCUT2D eigenvalue weighted by Crippen LogP contribution is -2.34. The molecular weight excluding hydrogens is 494 g/mol. The third-order valence-corrected chi connectivity index (χ3v) is 5.52. The Morgan fingerprint density at radius 2 is 1.86 bits per heavy atom. The summed E-state index contributed by atoms with van der Waals surface area (Å²) in [6.45, 7) is 2.61. The Kier molecular flexibility index (Phi) is 8.66. The maximum atomic E-state index is 13.2. The molecule has 1 atom stereocenters. The number of hydrogen-bond donors (Lipinski definition) is 4. The molecule has 1 heterocycles. The number of H-pyrrole nitrogens is 1. The van der Waals surface area contributed by atoms with Gasteiger partial charge in [-0.1, -0.05) is 61.0 Å². The molecule has 0 spiro atoms. The number of tetrazole rings is 1. The highest BCUT2D eigenvalue weighted by molar-refractivity contribution is 6.31. The fourth-order valence-corrected chi connectivity index (χ4v) is 3.82. The van der Waals surface area contributed by atoms with E-state index in [2.05, 4.69) is 36.6 Å². The molecule has 0 unspecified atom stereocenters. The summed E-state index contributed by atoms with van der Waals surface area (Å²) in [5, 5.41) is 23.2. The molecule has 37 heavy (non-hydrogen) atoms. The fraction of sp³-hybridized carbons (Fsp3) is 0.192. The third kappa shape index (κ3) is 7.28. The molecule has 0 aliphatic rings. The number of aromatic amines is 1. The summed E-state index contributed by atoms with van der Waals surface area (Å²) < 4.78 is 5.31. The zero-order valence-electron chi connectivity index (χ0n) is 20.1. The van der Waals surface area contributed by atoms with Crippen molar-refractivity contribution in [2.75, 3.05) is 17.2 Å². The molecule has 4 aromatic rings. The van der Waals surface area contributed by atoms with E-state index in [0.717, 1.165) is 17.5 Å². The second kappa shape index (κ2) is 12.5. The molecule has 0 saturated carbocycles. The minimum Gasteiger partial charge on any atom is -0.444 e. The van der Waals surface area contributed by atoms with Gasteiger partial charge in [-0.3, -0.25) is 10.1 Å². The highest BCUT2D eigenvalue weighted by Gasteiger charge is 2.22. The van der Waals surface area contributed by atoms with E-state index < -0.39 is 12.1 Å². The molecule has 3 aromatic carbocycles. The molecule has 4 N–H and O–H groups in total. The second-order valence-corrected chi connectivity index (χ2v) is 8.58. The van der Waals surface area contributed by atoms with Crippen molar-refractivity contribution >= 4 is 35.0 Å². The largest absolute Gasteiger partial charge is 0.444 e. The van der Waals surface area contributed by atoms with Crippen LogP contribution in [0.25, 0.3) is 11.4 Å². The number of benzene rings is 3. The van der Waals surface area contributed by atoms with Crippen molar-refractivity contribution in [3.05, 3.63) is 88.9 Å². The van der Waals surface area contributed by atoms with E-state index >= 15 is 0 Å². The normalized spacial score (nSPS) is 11.4. The molecule has 0 fully saturated rings. The quantitative estimate of drug-likeness (QED) is 0.233. The number of hydrogen-bond acceptors (Lipinski definition) is 7. The zero-order chi connectivity index (χ0) is 26.0. The number of nitrogens with one attached hydrogen (secondary N) is 4. The van der Waals surface area contributed by atoms with Gasteiger partial charge in [-0.2, -0.15) is 5.21 Å². The molecule has 2 amide bonds. The van der Waals surface area contributed by atoms with Crippen LogP contribution in [0.5, 0.6) is 0 Å². The highest BCUT2D eigenvalue weighted by Crippen LogP contribution is 2.28. The molecule has 0 radical (unpaired) electrons. The number of carbonyl (C=O) groups excluding carboxylic acids is 2. The van der Waals surface area contributed by atoms with Crippen molar-refractivity contribution in [3.8, 4) is 11.4 Å². The molecule has 11 heteroatoms. The van der Waals surface area contributed by atoms with Crippen LogP contribution < -0.4 is 16.0 Å². The Labute approximate surface area is 218 Å². The first-order valence-electron chi connectivity index (χ1n) is 11.7. The third-order valence-electron chi connectivity index (χ3n) is 5.30. The van der Waals surface area contributed by atoms with Gasteiger partial charge in [0.1, 0.15) is 12.6 Å². The number of nitrogens with zero attached hydrogens (tertiary/aromatic N) is 3. The van der Waals surface area contributed by atoms with Crippen LogP contribution >= 0.6 is 11.6 Å². The maximum absolute atomic E-state index is 13.2. The van der Waals surface area contributed by atoms with Gasteiger partial charge < -0.3 is 15.4 Å². The highest BCUT2D eigenvalue weighted by atomic mass is 35.5. The van der Waals surface area contributed by atoms with Crippen molar-refractivity contribution in [1.82, 2.24) is 25.9 Å². The summed E-state index contributed by atoms with van der Waals surface area (Å²) in [6, 6.07) is 20.8. The van der Waals surface area contributed by atoms with Gasteiger partial charge >= 0.3 is 6.09 Å². The van der Waals surface area contributed by atoms with E-state index in [9.17, 15) is 9.59 Å². The number of halogens is 1. The van der Waals surface area contributed by atoms with E-state index in [1.807, 2.05) is 61.5 Å². The Bertz CT molecular complexity index is 1330. The summed E-state index contributed by atoms with van der Waals surface area (Å²) in [5.41, 5.74) is 3.21. The molecular formula is C26H26ClN7O3. The van der Waals surface area contributed by atoms with Crippen molar-refractivity contribution < 1.29 is 14.3 Å². The van der Waals surface area contributed by atoms with Crippen molar-refractivity contribution in [3.63, 3.8) is 0 Å². The maximum Gasteiger partial charge on any atom is 0.411 e. The number of rotatable bonds is 10. The molecule has 0 aliphatic heterocycles. The lowest BCUT2D eigenvalue weighted by atomic mass is 10.0. The van der Waals surface area contributed by atoms with Crippen molar-refractivity contribution in [1.29, 1.82) is 0 Å². The van der Waals surface area contributed by atoms with E-state index in [1.165, 1.54) is 0 Å². The Balaban J connectivity index is 1.54. The van der Waals surface area contributed by atoms with Gasteiger partial charge in [-0.05, 0) is 53.1 Å². The molecule has 0 saturated heterocycles. The van der Waals surface area contributed by atoms with E-state index in [4.69, 9.17) is 16.3 Å². The average molecular weight is 520 g/mol. The van der Waals surface area contributed by atoms with Crippen LogP contribution in [-0.2, 0) is 16.1 Å². The van der Waals surface area contributed by atoms with E-state index in [1.54, 1.807) is 18.2 Å². The fourth-order valence-electron chi connectivity index (χ4n) is 3.58. The number of aromatic nitrogens is 4. The lowest BCUT2D eigenvalue weighted by molar-refractivity contribution is -0.121. The van der Waals surface area contributed by atoms with Crippen LogP contribution in [0.3, 0.4) is 0 Å². The number of carbonyl (C=O) groups is 2. The summed E-state index contributed by atoms with van der Waals surface area (Å²) in [6.07, 6.45) is 0.145. The predicted molar refractivity (Wildman–Crippen MR) is 141 cm³/mol. The number of amides is 2. The van der Waals surface area contributed by atoms with Gasteiger partial charge in [0, 0.05) is 28.5 Å². The topological polar surface area (TPSA) is 134 Å². The summed E-state index contributed by atoms with van der Waals surface area (Å²) in [4.78, 5) is 25.6. The molecule has 190 valence electrons. The van der Waals surface area contributed by atoms with E-state index in [0.29, 0.717) is 34.3 Å². The number of anilines is 2. The molecule has 1 aromatic heterocycles. The first kappa shape index (κ1) is 25.6. The number of ether oxygens (including phenoxy) is 1. The summed E-state index contributed by atoms with van der Waals surface area (Å²) >= 11 is 6.38. The molecule has 0 aliphatic carbocycles. The first-order valence-corrected chi connectivity index (χ1v) is 12.1. The van der Waals surface area contributed by atoms with Crippen LogP contribution in [0.4, 0.5) is 16.2 Å². The SMILES string of the molecule is CCCNC(=O)[C@H](Nc1cccc(-c2nn[nH]n2)c1)c1cc(Cl)cc(NC(=O)OCc2ccccc2)c1. The lowest BCUT2D eigenvalue weighted by Gasteiger charge is -2.21. The Morgan fingerprint density at radius 1 is 1.03 bits per heavy atom. The zero-order valence-corrected chi connectivity index (χ0v) is 20.8. The standard InChI is InChI=1S/C26H26ClN7O3/c1-2-11-28-25(35)23(29-21-10-6-9-18(13-21)24-31-33-34-32-24)19-12-20(27)15-22(14-19)30-26(36)37-16-17-7-4-3-5-8-17/h3-10,12-15,23,29H,2,11,16H2,1H3,(H,28,35)(H,30,36)(H,31,32,33,34)/t23-/m1/s1. The van der Waals surface area contributed by atoms with Gasteiger partial charge in [0.2, 0.25) is 11.7 Å². The monoisotopic (exact) mass is 519 g/mol. The van der Waals surface area contributed by atoms with Crippen LogP contribution in [0.15, 0.2) is 72.8 Å². The van der Waals surface area contributed by atoms with Crippen LogP contribution in [0.1, 0.15) is 30.5 Å². The Morgan fingerprint density at radius 3 is 2.62 bits per heavy atom. The predicted octanol–water partition coefficient (Wildman–Crippen LogP) is 4.95. The smallest absolute Gasteiger partial charge is 0.411 e. The van der Waals surface area contributed by atoms with Gasteiger partial charge in [0.25, 0.3) is 0 Å². The van der Waals surface area contributed by atoms with Crippen LogP contribution in [0.2, 0.25) is 5.02 Å². The van der Waals surface area contributed by atoms with Gasteiger partial charge in [-0.15, -0.1) is 10.2 Å². The Hall–Kier alpha value is -4.44. The van der Waals surface area contributed by atoms with Gasteiger partial charge in [0.15, 0.2) is 0 Å². The molecule has 10 nitrogen and oxygen atoms in total. The first-order chi connectivity index (χ1) is 18.0. The summed E-state index contributed by atoms with van der Waals surface area (Å²) in [7, 11) is 0. The average Bonchev–Trinajstić information content (AvgIpc) is 3.45. The minimum atomic E-state index is -0.799. The van der Waals surface area contributed by atoms with Crippen LogP contribution in [-0.4, -0.2) is 39.2 Å².